The zero-order chi connectivity index (χ0) is 13.1. The van der Waals surface area contributed by atoms with Gasteiger partial charge in [0.1, 0.15) is 6.04 Å². The Labute approximate surface area is 112 Å². The first-order chi connectivity index (χ1) is 8.60. The van der Waals surface area contributed by atoms with Crippen LogP contribution in [-0.2, 0) is 11.2 Å². The molecule has 1 unspecified atom stereocenters. The van der Waals surface area contributed by atoms with Gasteiger partial charge < -0.3 is 5.32 Å². The molecule has 1 atom stereocenters. The lowest BCUT2D eigenvalue weighted by molar-refractivity contribution is -0.120. The minimum absolute atomic E-state index is 0.0120. The van der Waals surface area contributed by atoms with Crippen molar-refractivity contribution >= 4 is 23.2 Å². The molecule has 2 N–H and O–H groups in total. The van der Waals surface area contributed by atoms with E-state index in [1.165, 1.54) is 4.88 Å². The summed E-state index contributed by atoms with van der Waals surface area (Å²) < 4.78 is 0. The fourth-order valence-corrected chi connectivity index (χ4v) is 2.73. The normalized spacial score (nSPS) is 21.4. The Morgan fingerprint density at radius 2 is 2.22 bits per heavy atom. The summed E-state index contributed by atoms with van der Waals surface area (Å²) in [6.45, 7) is 7.05. The zero-order valence-corrected chi connectivity index (χ0v) is 11.8. The van der Waals surface area contributed by atoms with E-state index in [0.29, 0.717) is 11.9 Å². The molecule has 98 valence electrons. The highest BCUT2D eigenvalue weighted by molar-refractivity contribution is 7.12. The standard InChI is InChI=1S/C13H19N3OS/c1-4-9-5-6-10(18-9)11-12(17)16-13(15-11)14-7-8(2)3/h5-6,8,11H,4,7H2,1-3H3,(H2,14,15,16,17). The van der Waals surface area contributed by atoms with Crippen molar-refractivity contribution < 1.29 is 4.79 Å². The van der Waals surface area contributed by atoms with Crippen molar-refractivity contribution in [3.05, 3.63) is 21.9 Å². The predicted molar refractivity (Wildman–Crippen MR) is 74.9 cm³/mol. The fraction of sp³-hybridized carbons (Fsp3) is 0.538. The lowest BCUT2D eigenvalue weighted by Crippen LogP contribution is -2.26. The number of carbonyl (C=O) groups is 1. The molecule has 1 amide bonds. The van der Waals surface area contributed by atoms with Gasteiger partial charge in [-0.2, -0.15) is 0 Å². The number of carbonyl (C=O) groups excluding carboxylic acids is 1. The summed E-state index contributed by atoms with van der Waals surface area (Å²) in [5.41, 5.74) is 0. The average molecular weight is 265 g/mol. The van der Waals surface area contributed by atoms with Crippen molar-refractivity contribution in [1.29, 1.82) is 0 Å². The molecule has 4 nitrogen and oxygen atoms in total. The first-order valence-corrected chi connectivity index (χ1v) is 7.12. The molecule has 0 bridgehead atoms. The lowest BCUT2D eigenvalue weighted by Gasteiger charge is -2.04. The van der Waals surface area contributed by atoms with E-state index in [2.05, 4.69) is 42.5 Å². The SMILES string of the molecule is CCc1ccc(C2NC(=NCC(C)C)NC2=O)s1. The Balaban J connectivity index is 2.07. The smallest absolute Gasteiger partial charge is 0.254 e. The molecule has 5 heteroatoms. The van der Waals surface area contributed by atoms with Gasteiger partial charge in [0, 0.05) is 16.3 Å². The quantitative estimate of drug-likeness (QED) is 0.876. The maximum Gasteiger partial charge on any atom is 0.254 e. The molecule has 1 fully saturated rings. The van der Waals surface area contributed by atoms with E-state index in [4.69, 9.17) is 0 Å². The molecule has 1 aliphatic rings. The molecule has 0 spiro atoms. The Kier molecular flexibility index (Phi) is 4.01. The number of nitrogens with zero attached hydrogens (tertiary/aromatic N) is 1. The number of rotatable bonds is 4. The van der Waals surface area contributed by atoms with E-state index in [0.717, 1.165) is 17.8 Å². The third-order valence-corrected chi connectivity index (χ3v) is 4.01. The third-order valence-electron chi connectivity index (χ3n) is 2.71. The van der Waals surface area contributed by atoms with E-state index in [1.807, 2.05) is 6.07 Å². The van der Waals surface area contributed by atoms with E-state index >= 15 is 0 Å². The molecule has 1 aliphatic heterocycles. The minimum Gasteiger partial charge on any atom is -0.340 e. The number of nitrogens with one attached hydrogen (secondary N) is 2. The van der Waals surface area contributed by atoms with Gasteiger partial charge in [-0.05, 0) is 24.5 Å². The zero-order valence-electron chi connectivity index (χ0n) is 11.0. The molecule has 1 saturated heterocycles. The summed E-state index contributed by atoms with van der Waals surface area (Å²) in [6, 6.07) is 3.82. The summed E-state index contributed by atoms with van der Waals surface area (Å²) in [5, 5.41) is 5.94. The second kappa shape index (κ2) is 5.52. The molecule has 2 rings (SSSR count). The van der Waals surface area contributed by atoms with Gasteiger partial charge in [0.25, 0.3) is 5.91 Å². The van der Waals surface area contributed by atoms with Gasteiger partial charge in [-0.15, -0.1) is 11.3 Å². The van der Waals surface area contributed by atoms with E-state index in [1.54, 1.807) is 11.3 Å². The largest absolute Gasteiger partial charge is 0.340 e. The summed E-state index contributed by atoms with van der Waals surface area (Å²) in [4.78, 5) is 18.6. The summed E-state index contributed by atoms with van der Waals surface area (Å²) in [7, 11) is 0. The molecule has 18 heavy (non-hydrogen) atoms. The Morgan fingerprint density at radius 1 is 1.44 bits per heavy atom. The lowest BCUT2D eigenvalue weighted by atomic mass is 10.2. The fourth-order valence-electron chi connectivity index (χ4n) is 1.73. The number of hydrogen-bond donors (Lipinski definition) is 2. The topological polar surface area (TPSA) is 53.5 Å². The van der Waals surface area contributed by atoms with Crippen LogP contribution in [-0.4, -0.2) is 18.4 Å². The van der Waals surface area contributed by atoms with E-state index in [-0.39, 0.29) is 11.9 Å². The number of guanidine groups is 1. The van der Waals surface area contributed by atoms with Crippen molar-refractivity contribution in [1.82, 2.24) is 10.6 Å². The van der Waals surface area contributed by atoms with E-state index < -0.39 is 0 Å². The highest BCUT2D eigenvalue weighted by Gasteiger charge is 2.30. The molecular weight excluding hydrogens is 246 g/mol. The molecule has 0 radical (unpaired) electrons. The van der Waals surface area contributed by atoms with Crippen molar-refractivity contribution in [2.75, 3.05) is 6.54 Å². The van der Waals surface area contributed by atoms with Gasteiger partial charge in [0.2, 0.25) is 0 Å². The Hall–Kier alpha value is -1.36. The van der Waals surface area contributed by atoms with Gasteiger partial charge >= 0.3 is 0 Å². The van der Waals surface area contributed by atoms with Crippen LogP contribution in [0.4, 0.5) is 0 Å². The van der Waals surface area contributed by atoms with Crippen LogP contribution in [0.1, 0.15) is 36.6 Å². The average Bonchev–Trinajstić information content (AvgIpc) is 2.92. The number of thiophene rings is 1. The number of amides is 1. The van der Waals surface area contributed by atoms with Crippen molar-refractivity contribution in [3.8, 4) is 0 Å². The summed E-state index contributed by atoms with van der Waals surface area (Å²) in [6.07, 6.45) is 1.01. The van der Waals surface area contributed by atoms with Crippen molar-refractivity contribution in [2.45, 2.75) is 33.2 Å². The Morgan fingerprint density at radius 3 is 2.83 bits per heavy atom. The molecule has 0 saturated carbocycles. The van der Waals surface area contributed by atoms with Gasteiger partial charge in [-0.1, -0.05) is 20.8 Å². The van der Waals surface area contributed by atoms with Gasteiger partial charge in [0.05, 0.1) is 0 Å². The van der Waals surface area contributed by atoms with Crippen molar-refractivity contribution in [2.24, 2.45) is 10.9 Å². The number of aliphatic imine (C=N–C) groups is 1. The third kappa shape index (κ3) is 2.90. The van der Waals surface area contributed by atoms with Crippen LogP contribution >= 0.6 is 11.3 Å². The predicted octanol–water partition coefficient (Wildman–Crippen LogP) is 2.08. The van der Waals surface area contributed by atoms with Gasteiger partial charge in [-0.25, -0.2) is 0 Å². The van der Waals surface area contributed by atoms with Gasteiger partial charge in [0.15, 0.2) is 5.96 Å². The van der Waals surface area contributed by atoms with Crippen LogP contribution in [0.3, 0.4) is 0 Å². The monoisotopic (exact) mass is 265 g/mol. The highest BCUT2D eigenvalue weighted by atomic mass is 32.1. The molecule has 0 aromatic carbocycles. The molecule has 1 aromatic rings. The van der Waals surface area contributed by atoms with Crippen LogP contribution in [0.25, 0.3) is 0 Å². The van der Waals surface area contributed by atoms with Crippen LogP contribution in [0.2, 0.25) is 0 Å². The van der Waals surface area contributed by atoms with Crippen LogP contribution in [0, 0.1) is 5.92 Å². The van der Waals surface area contributed by atoms with Crippen molar-refractivity contribution in [3.63, 3.8) is 0 Å². The molecule has 1 aromatic heterocycles. The first-order valence-electron chi connectivity index (χ1n) is 6.30. The van der Waals surface area contributed by atoms with Crippen LogP contribution < -0.4 is 10.6 Å². The summed E-state index contributed by atoms with van der Waals surface area (Å²) in [5.74, 6) is 1.08. The van der Waals surface area contributed by atoms with Gasteiger partial charge in [-0.3, -0.25) is 15.1 Å². The molecular formula is C13H19N3OS. The first kappa shape index (κ1) is 13.1. The molecule has 2 heterocycles. The van der Waals surface area contributed by atoms with E-state index in [9.17, 15) is 4.79 Å². The number of aryl methyl sites for hydroxylation is 1. The van der Waals surface area contributed by atoms with Crippen LogP contribution in [0.5, 0.6) is 0 Å². The minimum atomic E-state index is -0.277. The maximum absolute atomic E-state index is 11.9. The Bertz CT molecular complexity index is 465. The molecule has 0 aliphatic carbocycles. The van der Waals surface area contributed by atoms with Crippen LogP contribution in [0.15, 0.2) is 17.1 Å². The summed E-state index contributed by atoms with van der Waals surface area (Å²) >= 11 is 1.68. The second-order valence-corrected chi connectivity index (χ2v) is 6.01. The maximum atomic E-state index is 11.9. The second-order valence-electron chi connectivity index (χ2n) is 4.81. The number of hydrogen-bond acceptors (Lipinski definition) is 3. The highest BCUT2D eigenvalue weighted by Crippen LogP contribution is 2.25.